The van der Waals surface area contributed by atoms with Crippen molar-refractivity contribution in [3.63, 3.8) is 0 Å². The molecule has 4 aliphatic carbocycles. The average Bonchev–Trinajstić information content (AvgIpc) is 3.15. The van der Waals surface area contributed by atoms with E-state index in [4.69, 9.17) is 4.74 Å². The van der Waals surface area contributed by atoms with Gasteiger partial charge >= 0.3 is 0 Å². The van der Waals surface area contributed by atoms with Gasteiger partial charge in [-0.05, 0) is 105 Å². The van der Waals surface area contributed by atoms with E-state index in [0.717, 1.165) is 62.0 Å². The Morgan fingerprint density at radius 1 is 1.03 bits per heavy atom. The van der Waals surface area contributed by atoms with Crippen molar-refractivity contribution >= 4 is 28.2 Å². The lowest BCUT2D eigenvalue weighted by Crippen LogP contribution is -2.51. The Labute approximate surface area is 215 Å². The van der Waals surface area contributed by atoms with Crippen LogP contribution in [0.5, 0.6) is 5.75 Å². The quantitative estimate of drug-likeness (QED) is 0.243. The van der Waals surface area contributed by atoms with E-state index >= 15 is 0 Å². The van der Waals surface area contributed by atoms with Crippen molar-refractivity contribution in [3.8, 4) is 5.75 Å². The smallest absolute Gasteiger partial charge is 0.155 e. The molecule has 6 atom stereocenters. The lowest BCUT2D eigenvalue weighted by molar-refractivity contribution is -0.118. The second-order valence-electron chi connectivity index (χ2n) is 11.3. The molecule has 0 saturated heterocycles. The van der Waals surface area contributed by atoms with Crippen LogP contribution in [0.2, 0.25) is 0 Å². The molecule has 1 aromatic carbocycles. The second-order valence-corrected chi connectivity index (χ2v) is 12.7. The van der Waals surface area contributed by atoms with Crippen molar-refractivity contribution < 1.29 is 14.6 Å². The number of hydrogen-bond acceptors (Lipinski definition) is 5. The predicted molar refractivity (Wildman–Crippen MR) is 145 cm³/mol. The zero-order valence-electron chi connectivity index (χ0n) is 20.9. The minimum Gasteiger partial charge on any atom is -0.494 e. The normalized spacial score (nSPS) is 36.4. The fourth-order valence-electron chi connectivity index (χ4n) is 7.51. The minimum atomic E-state index is -0.0823. The Bertz CT molecular complexity index is 856. The van der Waals surface area contributed by atoms with Crippen LogP contribution in [0, 0.1) is 28.6 Å². The highest BCUT2D eigenvalue weighted by Gasteiger charge is 2.58. The van der Waals surface area contributed by atoms with Crippen LogP contribution in [0.1, 0.15) is 78.1 Å². The maximum absolute atomic E-state index is 11.8. The van der Waals surface area contributed by atoms with Gasteiger partial charge in [-0.2, -0.15) is 0 Å². The molecule has 0 aromatic heterocycles. The number of aliphatic hydroxyl groups is 1. The number of rotatable bonds is 6. The van der Waals surface area contributed by atoms with Crippen molar-refractivity contribution in [2.45, 2.75) is 84.2 Å². The summed E-state index contributed by atoms with van der Waals surface area (Å²) in [5.74, 6) is 4.63. The van der Waals surface area contributed by atoms with Gasteiger partial charge in [0.25, 0.3) is 0 Å². The molecule has 4 aliphatic rings. The summed E-state index contributed by atoms with van der Waals surface area (Å²) in [6.07, 6.45) is 13.0. The highest BCUT2D eigenvalue weighted by atomic mass is 33.1. The van der Waals surface area contributed by atoms with Crippen molar-refractivity contribution in [2.24, 2.45) is 28.6 Å². The number of aliphatic hydroxyl groups excluding tert-OH is 1. The molecule has 0 bridgehead atoms. The number of allylic oxidation sites excluding steroid dienone is 1. The first kappa shape index (κ1) is 26.2. The highest BCUT2D eigenvalue weighted by Crippen LogP contribution is 2.65. The standard InChI is InChI=1S/C19H28O2.C10H14OS2/c1-18-9-7-13(20)11-12(18)3-4-14-15-5-6-17(21)19(15,2)10-8-16(14)18;12-13-9-5-4-8-11-10-6-2-1-3-7-10/h11,14-17,21H,3-10H2,1-2H3;1-3,6-7,12H,4-5,8-9H2. The zero-order valence-corrected chi connectivity index (χ0v) is 22.6. The van der Waals surface area contributed by atoms with E-state index in [2.05, 4.69) is 25.5 Å². The number of ether oxygens (including phenoxy) is 1. The van der Waals surface area contributed by atoms with E-state index in [0.29, 0.717) is 11.7 Å². The maximum atomic E-state index is 11.8. The number of thiol groups is 1. The fraction of sp³-hybridized carbons (Fsp3) is 0.690. The van der Waals surface area contributed by atoms with Gasteiger partial charge in [-0.1, -0.05) is 48.4 Å². The number of carbonyl (C=O) groups is 1. The third-order valence-corrected chi connectivity index (χ3v) is 10.6. The van der Waals surface area contributed by atoms with Gasteiger partial charge in [0.05, 0.1) is 12.7 Å². The first-order valence-electron chi connectivity index (χ1n) is 13.2. The van der Waals surface area contributed by atoms with E-state index in [9.17, 15) is 9.90 Å². The van der Waals surface area contributed by atoms with Gasteiger partial charge in [0.1, 0.15) is 5.75 Å². The number of para-hydroxylation sites is 1. The monoisotopic (exact) mass is 502 g/mol. The first-order valence-corrected chi connectivity index (χ1v) is 15.3. The molecule has 0 amide bonds. The van der Waals surface area contributed by atoms with E-state index in [-0.39, 0.29) is 16.9 Å². The lowest BCUT2D eigenvalue weighted by atomic mass is 9.47. The molecular weight excluding hydrogens is 460 g/mol. The van der Waals surface area contributed by atoms with Crippen LogP contribution >= 0.6 is 22.5 Å². The topological polar surface area (TPSA) is 46.5 Å². The lowest BCUT2D eigenvalue weighted by Gasteiger charge is -2.57. The third kappa shape index (κ3) is 5.42. The number of ketones is 1. The van der Waals surface area contributed by atoms with Crippen molar-refractivity contribution in [1.29, 1.82) is 0 Å². The van der Waals surface area contributed by atoms with Crippen LogP contribution in [0.25, 0.3) is 0 Å². The third-order valence-electron chi connectivity index (χ3n) is 9.55. The van der Waals surface area contributed by atoms with Gasteiger partial charge in [0.15, 0.2) is 5.78 Å². The number of carbonyl (C=O) groups excluding carboxylic acids is 1. The molecule has 3 saturated carbocycles. The van der Waals surface area contributed by atoms with Crippen LogP contribution in [0.3, 0.4) is 0 Å². The summed E-state index contributed by atoms with van der Waals surface area (Å²) in [4.78, 5) is 11.8. The molecule has 1 aromatic rings. The Morgan fingerprint density at radius 3 is 2.59 bits per heavy atom. The van der Waals surface area contributed by atoms with Gasteiger partial charge < -0.3 is 9.84 Å². The van der Waals surface area contributed by atoms with E-state index in [1.54, 1.807) is 10.8 Å². The predicted octanol–water partition coefficient (Wildman–Crippen LogP) is 7.30. The molecule has 5 heteroatoms. The SMILES string of the molecule is CC12CCC(=O)C=C1CCC1C2CCC2(C)C(O)CCC12.SSCCCCOc1ccccc1. The van der Waals surface area contributed by atoms with Crippen LogP contribution in [-0.2, 0) is 4.79 Å². The number of hydrogen-bond donors (Lipinski definition) is 2. The maximum Gasteiger partial charge on any atom is 0.155 e. The summed E-state index contributed by atoms with van der Waals surface area (Å²) in [5, 5.41) is 10.4. The largest absolute Gasteiger partial charge is 0.494 e. The van der Waals surface area contributed by atoms with Crippen LogP contribution in [0.4, 0.5) is 0 Å². The van der Waals surface area contributed by atoms with Crippen LogP contribution < -0.4 is 4.74 Å². The van der Waals surface area contributed by atoms with Crippen molar-refractivity contribution in [3.05, 3.63) is 42.0 Å². The van der Waals surface area contributed by atoms with Gasteiger partial charge in [-0.15, -0.1) is 11.7 Å². The van der Waals surface area contributed by atoms with Gasteiger partial charge in [0.2, 0.25) is 0 Å². The molecule has 0 aliphatic heterocycles. The summed E-state index contributed by atoms with van der Waals surface area (Å²) in [7, 11) is 1.59. The number of benzene rings is 1. The van der Waals surface area contributed by atoms with E-state index < -0.39 is 0 Å². The molecule has 3 fully saturated rings. The summed E-state index contributed by atoms with van der Waals surface area (Å²) in [5.41, 5.74) is 1.89. The summed E-state index contributed by atoms with van der Waals surface area (Å²) in [6.45, 7) is 5.57. The Morgan fingerprint density at radius 2 is 1.82 bits per heavy atom. The minimum absolute atomic E-state index is 0.0823. The molecule has 0 heterocycles. The van der Waals surface area contributed by atoms with Gasteiger partial charge in [0, 0.05) is 12.2 Å². The zero-order chi connectivity index (χ0) is 24.2. The summed E-state index contributed by atoms with van der Waals surface area (Å²) >= 11 is 4.07. The second kappa shape index (κ2) is 11.4. The molecule has 6 unspecified atom stereocenters. The average molecular weight is 503 g/mol. The molecule has 34 heavy (non-hydrogen) atoms. The number of fused-ring (bicyclic) bond motifs is 5. The van der Waals surface area contributed by atoms with Crippen molar-refractivity contribution in [2.75, 3.05) is 12.4 Å². The highest BCUT2D eigenvalue weighted by molar-refractivity contribution is 8.68. The Balaban J connectivity index is 0.000000182. The molecule has 5 rings (SSSR count). The van der Waals surface area contributed by atoms with E-state index in [1.165, 1.54) is 37.7 Å². The Hall–Kier alpha value is -0.910. The molecular formula is C29H42O3S2. The number of unbranched alkanes of at least 4 members (excludes halogenated alkanes) is 1. The molecule has 0 radical (unpaired) electrons. The molecule has 0 spiro atoms. The summed E-state index contributed by atoms with van der Waals surface area (Å²) in [6, 6.07) is 9.92. The summed E-state index contributed by atoms with van der Waals surface area (Å²) < 4.78 is 5.52. The fourth-order valence-corrected chi connectivity index (χ4v) is 8.23. The van der Waals surface area contributed by atoms with E-state index in [1.807, 2.05) is 36.4 Å². The Kier molecular flexibility index (Phi) is 8.80. The van der Waals surface area contributed by atoms with Crippen LogP contribution in [-0.4, -0.2) is 29.4 Å². The molecule has 188 valence electrons. The van der Waals surface area contributed by atoms with Crippen molar-refractivity contribution in [1.82, 2.24) is 0 Å². The first-order chi connectivity index (χ1) is 16.4. The van der Waals surface area contributed by atoms with Crippen LogP contribution in [0.15, 0.2) is 42.0 Å². The molecule has 1 N–H and O–H groups in total. The molecule has 3 nitrogen and oxygen atoms in total. The van der Waals surface area contributed by atoms with Gasteiger partial charge in [-0.3, -0.25) is 4.79 Å². The van der Waals surface area contributed by atoms with Gasteiger partial charge in [-0.25, -0.2) is 0 Å².